The Bertz CT molecular complexity index is 1190. The number of aryl methyl sites for hydroxylation is 1. The first-order chi connectivity index (χ1) is 18.1. The third-order valence-corrected chi connectivity index (χ3v) is 6.58. The van der Waals surface area contributed by atoms with Gasteiger partial charge in [0, 0.05) is 38.3 Å². The highest BCUT2D eigenvalue weighted by atomic mass is 16.5. The third-order valence-electron chi connectivity index (χ3n) is 6.58. The fourth-order valence-corrected chi connectivity index (χ4v) is 4.26. The Morgan fingerprint density at radius 1 is 1.26 bits per heavy atom. The summed E-state index contributed by atoms with van der Waals surface area (Å²) in [7, 11) is 1.79. The number of carbonyl (C=O) groups excluding carboxylic acids is 3. The van der Waals surface area contributed by atoms with Gasteiger partial charge in [0.25, 0.3) is 0 Å². The van der Waals surface area contributed by atoms with Gasteiger partial charge in [0.1, 0.15) is 41.3 Å². The lowest BCUT2D eigenvalue weighted by Crippen LogP contribution is -2.41. The quantitative estimate of drug-likeness (QED) is 0.544. The maximum absolute atomic E-state index is 11.8. The van der Waals surface area contributed by atoms with Crippen molar-refractivity contribution < 1.29 is 23.9 Å². The Hall–Kier alpha value is -4.04. The van der Waals surface area contributed by atoms with Crippen molar-refractivity contribution in [3.63, 3.8) is 0 Å². The maximum atomic E-state index is 11.8. The second kappa shape index (κ2) is 13.5. The van der Waals surface area contributed by atoms with E-state index in [4.69, 9.17) is 14.7 Å². The van der Waals surface area contributed by atoms with Gasteiger partial charge in [0.05, 0.1) is 18.9 Å². The van der Waals surface area contributed by atoms with Crippen LogP contribution in [0.2, 0.25) is 0 Å². The van der Waals surface area contributed by atoms with Crippen LogP contribution in [-0.2, 0) is 27.3 Å². The summed E-state index contributed by atoms with van der Waals surface area (Å²) in [6.45, 7) is 2.04. The summed E-state index contributed by atoms with van der Waals surface area (Å²) in [6.07, 6.45) is 8.31. The molecule has 1 aliphatic carbocycles. The van der Waals surface area contributed by atoms with E-state index in [0.29, 0.717) is 49.7 Å². The molecule has 1 N–H and O–H groups in total. The van der Waals surface area contributed by atoms with Crippen molar-refractivity contribution in [1.82, 2.24) is 14.9 Å². The molecule has 2 aliphatic heterocycles. The number of morpholine rings is 1. The number of anilines is 2. The minimum Gasteiger partial charge on any atom is -0.489 e. The number of aromatic nitrogens is 2. The van der Waals surface area contributed by atoms with Crippen LogP contribution in [0.5, 0.6) is 5.75 Å². The Labute approximate surface area is 222 Å². The van der Waals surface area contributed by atoms with Crippen LogP contribution < -0.4 is 15.0 Å². The van der Waals surface area contributed by atoms with Gasteiger partial charge >= 0.3 is 0 Å². The lowest BCUT2D eigenvalue weighted by molar-refractivity contribution is -0.143. The van der Waals surface area contributed by atoms with Crippen molar-refractivity contribution in [3.8, 4) is 11.8 Å². The molecule has 0 aromatic carbocycles. The van der Waals surface area contributed by atoms with E-state index in [2.05, 4.69) is 21.4 Å². The second-order valence-electron chi connectivity index (χ2n) is 9.00. The van der Waals surface area contributed by atoms with Crippen LogP contribution in [0.15, 0.2) is 18.3 Å². The molecule has 0 bridgehead atoms. The second-order valence-corrected chi connectivity index (χ2v) is 9.00. The molecule has 0 radical (unpaired) electrons. The molecule has 5 rings (SSSR count). The monoisotopic (exact) mass is 522 g/mol. The number of fused-ring (bicyclic) bond motifs is 1. The van der Waals surface area contributed by atoms with E-state index in [1.54, 1.807) is 24.2 Å². The standard InChI is InChI=1S/C15H17N3O4.C11H13N3O.CH4/c19-8-13-12(7-17-4-5-22-9-14(17)21)6-11-2-1-3-18(10-20)15(11)16-13;1-13-11-5-10(8(6-12)7-14-11)15-9-3-2-4-9;/h6,8,10H,1-5,7,9H2;5,7,9H,2-4H2,1H3,(H,13,14);1H4. The van der Waals surface area contributed by atoms with Gasteiger partial charge in [-0.1, -0.05) is 7.43 Å². The number of nitrogens with one attached hydrogen (secondary N) is 1. The summed E-state index contributed by atoms with van der Waals surface area (Å²) in [5, 5.41) is 11.8. The molecule has 0 unspecified atom stereocenters. The average Bonchev–Trinajstić information content (AvgIpc) is 2.91. The van der Waals surface area contributed by atoms with Gasteiger partial charge < -0.3 is 19.7 Å². The number of hydrogen-bond donors (Lipinski definition) is 1. The molecular weight excluding hydrogens is 488 g/mol. The van der Waals surface area contributed by atoms with Crippen LogP contribution in [0.1, 0.15) is 60.3 Å². The molecule has 2 aromatic heterocycles. The van der Waals surface area contributed by atoms with Crippen LogP contribution in [0.3, 0.4) is 0 Å². The predicted molar refractivity (Wildman–Crippen MR) is 141 cm³/mol. The van der Waals surface area contributed by atoms with Crippen molar-refractivity contribution in [1.29, 1.82) is 5.26 Å². The number of amides is 2. The summed E-state index contributed by atoms with van der Waals surface area (Å²) in [6, 6.07) is 5.75. The van der Waals surface area contributed by atoms with Crippen LogP contribution in [0, 0.1) is 11.3 Å². The van der Waals surface area contributed by atoms with Gasteiger partial charge in [-0.2, -0.15) is 5.26 Å². The van der Waals surface area contributed by atoms with Gasteiger partial charge in [-0.15, -0.1) is 0 Å². The van der Waals surface area contributed by atoms with Crippen molar-refractivity contribution in [3.05, 3.63) is 40.7 Å². The van der Waals surface area contributed by atoms with E-state index in [0.717, 1.165) is 49.0 Å². The number of pyridine rings is 2. The Morgan fingerprint density at radius 2 is 2.08 bits per heavy atom. The molecular formula is C27H34N6O5. The Balaban J connectivity index is 0.000000220. The van der Waals surface area contributed by atoms with Gasteiger partial charge in [-0.25, -0.2) is 9.97 Å². The first kappa shape index (κ1) is 28.5. The van der Waals surface area contributed by atoms with Crippen molar-refractivity contribution >= 4 is 30.2 Å². The first-order valence-corrected chi connectivity index (χ1v) is 12.4. The molecule has 2 fully saturated rings. The van der Waals surface area contributed by atoms with Crippen molar-refractivity contribution in [2.45, 2.75) is 52.2 Å². The van der Waals surface area contributed by atoms with Crippen LogP contribution in [-0.4, -0.2) is 72.9 Å². The number of nitriles is 1. The minimum atomic E-state index is -0.0877. The smallest absolute Gasteiger partial charge is 0.248 e. The zero-order valence-electron chi connectivity index (χ0n) is 20.8. The van der Waals surface area contributed by atoms with E-state index < -0.39 is 0 Å². The van der Waals surface area contributed by atoms with Gasteiger partial charge in [-0.05, 0) is 43.7 Å². The molecule has 11 nitrogen and oxygen atoms in total. The topological polar surface area (TPSA) is 138 Å². The maximum Gasteiger partial charge on any atom is 0.248 e. The highest BCUT2D eigenvalue weighted by Crippen LogP contribution is 2.29. The Kier molecular flexibility index (Phi) is 10.1. The largest absolute Gasteiger partial charge is 0.489 e. The average molecular weight is 523 g/mol. The normalized spacial score (nSPS) is 16.5. The zero-order chi connectivity index (χ0) is 26.2. The fourth-order valence-electron chi connectivity index (χ4n) is 4.26. The number of rotatable bonds is 7. The molecule has 1 saturated heterocycles. The molecule has 1 saturated carbocycles. The van der Waals surface area contributed by atoms with Crippen molar-refractivity contribution in [2.24, 2.45) is 0 Å². The number of nitrogens with zero attached hydrogens (tertiary/aromatic N) is 5. The van der Waals surface area contributed by atoms with Gasteiger partial charge in [-0.3, -0.25) is 19.3 Å². The Morgan fingerprint density at radius 3 is 2.71 bits per heavy atom. The summed E-state index contributed by atoms with van der Waals surface area (Å²) >= 11 is 0. The number of aldehydes is 1. The molecule has 0 atom stereocenters. The lowest BCUT2D eigenvalue weighted by Gasteiger charge is -2.29. The van der Waals surface area contributed by atoms with Gasteiger partial charge in [0.15, 0.2) is 6.29 Å². The third kappa shape index (κ3) is 6.63. The van der Waals surface area contributed by atoms with E-state index >= 15 is 0 Å². The number of ether oxygens (including phenoxy) is 2. The minimum absolute atomic E-state index is 0. The highest BCUT2D eigenvalue weighted by Gasteiger charge is 2.24. The molecule has 202 valence electrons. The van der Waals surface area contributed by atoms with Crippen LogP contribution in [0.25, 0.3) is 0 Å². The summed E-state index contributed by atoms with van der Waals surface area (Å²) < 4.78 is 10.8. The first-order valence-electron chi connectivity index (χ1n) is 12.4. The van der Waals surface area contributed by atoms with Crippen LogP contribution in [0.4, 0.5) is 11.6 Å². The highest BCUT2D eigenvalue weighted by molar-refractivity contribution is 5.82. The summed E-state index contributed by atoms with van der Waals surface area (Å²) in [5.41, 5.74) is 2.45. The number of carbonyl (C=O) groups is 3. The van der Waals surface area contributed by atoms with E-state index in [-0.39, 0.29) is 31.7 Å². The van der Waals surface area contributed by atoms with E-state index in [1.165, 1.54) is 11.3 Å². The SMILES string of the molecule is C.CNc1cc(OC2CCC2)c(C#N)cn1.O=Cc1nc2c(cc1CN1CCOCC1=O)CCCN2C=O. The van der Waals surface area contributed by atoms with Crippen molar-refractivity contribution in [2.75, 3.05) is 43.6 Å². The number of hydrogen-bond acceptors (Lipinski definition) is 9. The van der Waals surface area contributed by atoms with Gasteiger partial charge in [0.2, 0.25) is 12.3 Å². The molecule has 11 heteroatoms. The predicted octanol–water partition coefficient (Wildman–Crippen LogP) is 2.72. The molecule has 3 aliphatic rings. The van der Waals surface area contributed by atoms with E-state index in [1.807, 2.05) is 6.07 Å². The summed E-state index contributed by atoms with van der Waals surface area (Å²) in [4.78, 5) is 45.8. The molecule has 4 heterocycles. The van der Waals surface area contributed by atoms with E-state index in [9.17, 15) is 14.4 Å². The molecule has 38 heavy (non-hydrogen) atoms. The summed E-state index contributed by atoms with van der Waals surface area (Å²) in [5.74, 6) is 1.83. The van der Waals surface area contributed by atoms with Crippen LogP contribution >= 0.6 is 0 Å². The molecule has 2 amide bonds. The lowest BCUT2D eigenvalue weighted by atomic mass is 9.96. The molecule has 2 aromatic rings. The molecule has 0 spiro atoms. The zero-order valence-corrected chi connectivity index (χ0v) is 20.8. The fraction of sp³-hybridized carbons (Fsp3) is 0.481.